The molecule has 5 nitrogen and oxygen atoms in total. The van der Waals surface area contributed by atoms with Gasteiger partial charge in [0, 0.05) is 11.1 Å². The molecule has 0 saturated carbocycles. The number of nitrogens with one attached hydrogen (secondary N) is 1. The fourth-order valence-corrected chi connectivity index (χ4v) is 2.43. The Kier molecular flexibility index (Phi) is 6.31. The zero-order valence-electron chi connectivity index (χ0n) is 10.8. The van der Waals surface area contributed by atoms with Crippen LogP contribution in [0.15, 0.2) is 42.9 Å². The van der Waals surface area contributed by atoms with E-state index in [4.69, 9.17) is 32.4 Å². The predicted octanol–water partition coefficient (Wildman–Crippen LogP) is 4.64. The van der Waals surface area contributed by atoms with Crippen LogP contribution in [0.5, 0.6) is 5.75 Å². The van der Waals surface area contributed by atoms with Crippen molar-refractivity contribution in [2.45, 2.75) is 0 Å². The summed E-state index contributed by atoms with van der Waals surface area (Å²) in [5.74, 6) is 0.400. The molecule has 0 spiro atoms. The summed E-state index contributed by atoms with van der Waals surface area (Å²) < 4.78 is 11.8. The Bertz CT molecular complexity index is 700. The summed E-state index contributed by atoms with van der Waals surface area (Å²) in [6.45, 7) is -0.232. The standard InChI is InChI=1S/C13H8Br2Cl2N2O3/c14-9-4-8(22-13(9)15)5-18-19-12(20)6-21-11-2-1-7(16)3-10(11)17/h1-5H,6H2,(H,19,20)/b18-5+. The summed E-state index contributed by atoms with van der Waals surface area (Å²) in [6.07, 6.45) is 1.36. The molecule has 0 aliphatic heterocycles. The van der Waals surface area contributed by atoms with Gasteiger partial charge in [-0.2, -0.15) is 5.10 Å². The van der Waals surface area contributed by atoms with E-state index < -0.39 is 5.91 Å². The van der Waals surface area contributed by atoms with Crippen molar-refractivity contribution in [1.29, 1.82) is 0 Å². The fourth-order valence-electron chi connectivity index (χ4n) is 1.36. The molecule has 9 heteroatoms. The lowest BCUT2D eigenvalue weighted by atomic mass is 10.3. The van der Waals surface area contributed by atoms with E-state index in [0.29, 0.717) is 26.2 Å². The summed E-state index contributed by atoms with van der Waals surface area (Å²) >= 11 is 18.2. The molecule has 1 aromatic heterocycles. The van der Waals surface area contributed by atoms with E-state index in [1.807, 2.05) is 0 Å². The maximum Gasteiger partial charge on any atom is 0.277 e. The second-order valence-corrected chi connectivity index (χ2v) is 6.35. The number of carbonyl (C=O) groups excluding carboxylic acids is 1. The van der Waals surface area contributed by atoms with Crippen LogP contribution in [-0.2, 0) is 4.79 Å². The number of halogens is 4. The second kappa shape index (κ2) is 8.01. The molecule has 0 bridgehead atoms. The van der Waals surface area contributed by atoms with E-state index in [2.05, 4.69) is 42.4 Å². The average Bonchev–Trinajstić information content (AvgIpc) is 2.76. The van der Waals surface area contributed by atoms with E-state index in [1.165, 1.54) is 12.3 Å². The molecular formula is C13H8Br2Cl2N2O3. The lowest BCUT2D eigenvalue weighted by molar-refractivity contribution is -0.123. The van der Waals surface area contributed by atoms with Crippen molar-refractivity contribution in [3.63, 3.8) is 0 Å². The van der Waals surface area contributed by atoms with Crippen LogP contribution in [0, 0.1) is 0 Å². The molecule has 0 unspecified atom stereocenters. The third-order valence-electron chi connectivity index (χ3n) is 2.30. The molecule has 1 N–H and O–H groups in total. The van der Waals surface area contributed by atoms with E-state index in [1.54, 1.807) is 18.2 Å². The highest BCUT2D eigenvalue weighted by Gasteiger charge is 2.06. The lowest BCUT2D eigenvalue weighted by Crippen LogP contribution is -2.24. The molecule has 0 atom stereocenters. The minimum Gasteiger partial charge on any atom is -0.482 e. The molecule has 1 amide bonds. The van der Waals surface area contributed by atoms with Gasteiger partial charge >= 0.3 is 0 Å². The third kappa shape index (κ3) is 5.01. The Labute approximate surface area is 152 Å². The molecule has 1 heterocycles. The van der Waals surface area contributed by atoms with E-state index in [9.17, 15) is 4.79 Å². The number of rotatable bonds is 5. The van der Waals surface area contributed by atoms with Crippen molar-refractivity contribution in [1.82, 2.24) is 5.43 Å². The van der Waals surface area contributed by atoms with Gasteiger partial charge in [0.25, 0.3) is 5.91 Å². The fraction of sp³-hybridized carbons (Fsp3) is 0.0769. The summed E-state index contributed by atoms with van der Waals surface area (Å²) in [4.78, 5) is 11.6. The van der Waals surface area contributed by atoms with Crippen molar-refractivity contribution in [2.24, 2.45) is 5.10 Å². The largest absolute Gasteiger partial charge is 0.482 e. The van der Waals surface area contributed by atoms with Gasteiger partial charge in [-0.1, -0.05) is 23.2 Å². The Morgan fingerprint density at radius 2 is 2.14 bits per heavy atom. The zero-order chi connectivity index (χ0) is 16.1. The van der Waals surface area contributed by atoms with Gasteiger partial charge in [0.2, 0.25) is 0 Å². The van der Waals surface area contributed by atoms with Crippen LogP contribution in [0.3, 0.4) is 0 Å². The highest BCUT2D eigenvalue weighted by atomic mass is 79.9. The molecule has 22 heavy (non-hydrogen) atoms. The van der Waals surface area contributed by atoms with Gasteiger partial charge in [0.1, 0.15) is 11.5 Å². The number of hydrogen-bond acceptors (Lipinski definition) is 4. The van der Waals surface area contributed by atoms with Crippen molar-refractivity contribution in [3.8, 4) is 5.75 Å². The SMILES string of the molecule is O=C(COc1ccc(Cl)cc1Cl)N/N=C/c1cc(Br)c(Br)o1. The van der Waals surface area contributed by atoms with Crippen molar-refractivity contribution in [2.75, 3.05) is 6.61 Å². The van der Waals surface area contributed by atoms with Crippen LogP contribution >= 0.6 is 55.1 Å². The maximum atomic E-state index is 11.6. The van der Waals surface area contributed by atoms with E-state index >= 15 is 0 Å². The van der Waals surface area contributed by atoms with Crippen LogP contribution in [0.2, 0.25) is 10.0 Å². The van der Waals surface area contributed by atoms with Crippen LogP contribution in [0.25, 0.3) is 0 Å². The number of ether oxygens (including phenoxy) is 1. The number of hydrogen-bond donors (Lipinski definition) is 1. The van der Waals surface area contributed by atoms with Gasteiger partial charge in [-0.15, -0.1) is 0 Å². The molecule has 116 valence electrons. The highest BCUT2D eigenvalue weighted by Crippen LogP contribution is 2.27. The first-order valence-corrected chi connectivity index (χ1v) is 8.14. The summed E-state index contributed by atoms with van der Waals surface area (Å²) in [7, 11) is 0. The monoisotopic (exact) mass is 468 g/mol. The van der Waals surface area contributed by atoms with Crippen LogP contribution in [0.4, 0.5) is 0 Å². The quantitative estimate of drug-likeness (QED) is 0.511. The Hall–Kier alpha value is -1.02. The smallest absolute Gasteiger partial charge is 0.277 e. The number of benzene rings is 1. The first-order chi connectivity index (χ1) is 10.5. The van der Waals surface area contributed by atoms with E-state index in [0.717, 1.165) is 4.47 Å². The van der Waals surface area contributed by atoms with Crippen molar-refractivity contribution >= 4 is 67.2 Å². The van der Waals surface area contributed by atoms with Gasteiger partial charge in [-0.3, -0.25) is 4.79 Å². The second-order valence-electron chi connectivity index (χ2n) is 3.93. The Morgan fingerprint density at radius 3 is 2.77 bits per heavy atom. The van der Waals surface area contributed by atoms with Crippen LogP contribution < -0.4 is 10.2 Å². The molecule has 0 aliphatic carbocycles. The van der Waals surface area contributed by atoms with Crippen molar-refractivity contribution < 1.29 is 13.9 Å². The van der Waals surface area contributed by atoms with Gasteiger partial charge in [0.05, 0.1) is 15.7 Å². The van der Waals surface area contributed by atoms with Crippen molar-refractivity contribution in [3.05, 3.63) is 49.2 Å². The average molecular weight is 471 g/mol. The topological polar surface area (TPSA) is 63.8 Å². The first-order valence-electron chi connectivity index (χ1n) is 5.80. The molecule has 1 aromatic carbocycles. The molecule has 0 saturated heterocycles. The van der Waals surface area contributed by atoms with Gasteiger partial charge < -0.3 is 9.15 Å². The number of nitrogens with zero attached hydrogens (tertiary/aromatic N) is 1. The first kappa shape index (κ1) is 17.3. The molecule has 0 radical (unpaired) electrons. The number of hydrazone groups is 1. The molecule has 2 rings (SSSR count). The lowest BCUT2D eigenvalue weighted by Gasteiger charge is -2.06. The number of furan rings is 1. The predicted molar refractivity (Wildman–Crippen MR) is 91.8 cm³/mol. The molecule has 0 aliphatic rings. The van der Waals surface area contributed by atoms with Gasteiger partial charge in [0.15, 0.2) is 11.3 Å². The highest BCUT2D eigenvalue weighted by molar-refractivity contribution is 9.13. The molecular weight excluding hydrogens is 463 g/mol. The van der Waals surface area contributed by atoms with E-state index in [-0.39, 0.29) is 6.61 Å². The summed E-state index contributed by atoms with van der Waals surface area (Å²) in [5.41, 5.74) is 2.31. The number of amides is 1. The minimum atomic E-state index is -0.438. The number of carbonyl (C=O) groups is 1. The Balaban J connectivity index is 1.83. The Morgan fingerprint density at radius 1 is 1.36 bits per heavy atom. The summed E-state index contributed by atoms with van der Waals surface area (Å²) in [6, 6.07) is 6.43. The zero-order valence-corrected chi connectivity index (χ0v) is 15.5. The van der Waals surface area contributed by atoms with Gasteiger partial charge in [-0.25, -0.2) is 5.43 Å². The molecule has 2 aromatic rings. The van der Waals surface area contributed by atoms with Gasteiger partial charge in [-0.05, 0) is 50.1 Å². The third-order valence-corrected chi connectivity index (χ3v) is 4.54. The minimum absolute atomic E-state index is 0.232. The summed E-state index contributed by atoms with van der Waals surface area (Å²) in [5, 5.41) is 4.57. The van der Waals surface area contributed by atoms with Crippen LogP contribution in [0.1, 0.15) is 5.76 Å². The maximum absolute atomic E-state index is 11.6. The normalized spacial score (nSPS) is 10.9. The molecule has 0 fully saturated rings. The van der Waals surface area contributed by atoms with Crippen LogP contribution in [-0.4, -0.2) is 18.7 Å².